The molecular weight excluding hydrogens is 240 g/mol. The number of rotatable bonds is 2. The second-order valence-corrected chi connectivity index (χ2v) is 4.51. The summed E-state index contributed by atoms with van der Waals surface area (Å²) in [7, 11) is 0. The summed E-state index contributed by atoms with van der Waals surface area (Å²) in [5, 5.41) is 12.0. The van der Waals surface area contributed by atoms with E-state index in [1.165, 1.54) is 0 Å². The fourth-order valence-electron chi connectivity index (χ4n) is 2.28. The molecule has 1 aliphatic rings. The van der Waals surface area contributed by atoms with Crippen molar-refractivity contribution < 1.29 is 9.90 Å². The van der Waals surface area contributed by atoms with Gasteiger partial charge in [-0.2, -0.15) is 0 Å². The number of anilines is 1. The molecule has 1 atom stereocenters. The summed E-state index contributed by atoms with van der Waals surface area (Å²) in [6, 6.07) is 5.48. The SMILES string of the molecule is CCN1CCC(NC(=O)O)c2cc(Cl)ccc21. The van der Waals surface area contributed by atoms with E-state index in [9.17, 15) is 4.79 Å². The largest absolute Gasteiger partial charge is 0.465 e. The van der Waals surface area contributed by atoms with Crippen LogP contribution in [0.25, 0.3) is 0 Å². The summed E-state index contributed by atoms with van der Waals surface area (Å²) >= 11 is 5.98. The molecule has 0 aliphatic carbocycles. The lowest BCUT2D eigenvalue weighted by Gasteiger charge is -2.35. The summed E-state index contributed by atoms with van der Waals surface area (Å²) in [6.07, 6.45) is -0.223. The van der Waals surface area contributed by atoms with Gasteiger partial charge in [-0.1, -0.05) is 11.6 Å². The fraction of sp³-hybridized carbons (Fsp3) is 0.417. The van der Waals surface area contributed by atoms with Crippen LogP contribution in [-0.2, 0) is 0 Å². The lowest BCUT2D eigenvalue weighted by Crippen LogP contribution is -2.37. The molecule has 2 rings (SSSR count). The number of halogens is 1. The minimum absolute atomic E-state index is 0.163. The first-order valence-electron chi connectivity index (χ1n) is 5.65. The highest BCUT2D eigenvalue weighted by Crippen LogP contribution is 2.35. The van der Waals surface area contributed by atoms with Gasteiger partial charge < -0.3 is 15.3 Å². The van der Waals surface area contributed by atoms with Gasteiger partial charge in [0, 0.05) is 23.8 Å². The minimum atomic E-state index is -0.995. The molecule has 4 nitrogen and oxygen atoms in total. The standard InChI is InChI=1S/C12H15ClN2O2/c1-2-15-6-5-10(14-12(16)17)9-7-8(13)3-4-11(9)15/h3-4,7,10,14H,2,5-6H2,1H3,(H,16,17). The van der Waals surface area contributed by atoms with E-state index >= 15 is 0 Å². The van der Waals surface area contributed by atoms with Crippen LogP contribution < -0.4 is 10.2 Å². The van der Waals surface area contributed by atoms with Gasteiger partial charge in [-0.15, -0.1) is 0 Å². The van der Waals surface area contributed by atoms with Gasteiger partial charge >= 0.3 is 6.09 Å². The Hall–Kier alpha value is -1.42. The highest BCUT2D eigenvalue weighted by Gasteiger charge is 2.25. The van der Waals surface area contributed by atoms with Crippen molar-refractivity contribution in [3.8, 4) is 0 Å². The van der Waals surface area contributed by atoms with Crippen LogP contribution in [0.4, 0.5) is 10.5 Å². The van der Waals surface area contributed by atoms with Crippen molar-refractivity contribution in [2.45, 2.75) is 19.4 Å². The number of nitrogens with one attached hydrogen (secondary N) is 1. The molecule has 1 heterocycles. The number of carbonyl (C=O) groups is 1. The van der Waals surface area contributed by atoms with Crippen LogP contribution in [0.3, 0.4) is 0 Å². The Morgan fingerprint density at radius 2 is 2.41 bits per heavy atom. The molecule has 0 spiro atoms. The van der Waals surface area contributed by atoms with Crippen molar-refractivity contribution in [2.24, 2.45) is 0 Å². The molecule has 0 saturated carbocycles. The topological polar surface area (TPSA) is 52.6 Å². The Balaban J connectivity index is 2.37. The van der Waals surface area contributed by atoms with E-state index in [0.29, 0.717) is 5.02 Å². The first-order chi connectivity index (χ1) is 8.11. The van der Waals surface area contributed by atoms with E-state index in [1.807, 2.05) is 18.2 Å². The van der Waals surface area contributed by atoms with Gasteiger partial charge in [-0.05, 0) is 37.1 Å². The predicted octanol–water partition coefficient (Wildman–Crippen LogP) is 2.88. The third-order valence-electron chi connectivity index (χ3n) is 3.07. The predicted molar refractivity (Wildman–Crippen MR) is 67.9 cm³/mol. The van der Waals surface area contributed by atoms with Crippen LogP contribution in [0.2, 0.25) is 5.02 Å². The average Bonchev–Trinajstić information content (AvgIpc) is 2.29. The molecule has 1 amide bonds. The van der Waals surface area contributed by atoms with Crippen LogP contribution in [0.1, 0.15) is 24.9 Å². The number of nitrogens with zero attached hydrogens (tertiary/aromatic N) is 1. The Bertz CT molecular complexity index is 437. The summed E-state index contributed by atoms with van der Waals surface area (Å²) in [4.78, 5) is 13.0. The van der Waals surface area contributed by atoms with Gasteiger partial charge in [-0.25, -0.2) is 4.79 Å². The van der Waals surface area contributed by atoms with Gasteiger partial charge in [0.05, 0.1) is 6.04 Å². The van der Waals surface area contributed by atoms with Crippen molar-refractivity contribution in [1.29, 1.82) is 0 Å². The molecular formula is C12H15ClN2O2. The maximum absolute atomic E-state index is 10.8. The Morgan fingerprint density at radius 3 is 3.06 bits per heavy atom. The number of carboxylic acid groups (broad SMARTS) is 1. The van der Waals surface area contributed by atoms with Crippen molar-refractivity contribution in [1.82, 2.24) is 5.32 Å². The molecule has 0 fully saturated rings. The smallest absolute Gasteiger partial charge is 0.405 e. The number of hydrogen-bond donors (Lipinski definition) is 2. The molecule has 17 heavy (non-hydrogen) atoms. The Kier molecular flexibility index (Phi) is 3.43. The first-order valence-corrected chi connectivity index (χ1v) is 6.03. The molecule has 2 N–H and O–H groups in total. The number of hydrogen-bond acceptors (Lipinski definition) is 2. The summed E-state index contributed by atoms with van der Waals surface area (Å²) in [5.41, 5.74) is 2.04. The zero-order chi connectivity index (χ0) is 12.4. The van der Waals surface area contributed by atoms with Crippen molar-refractivity contribution >= 4 is 23.4 Å². The quantitative estimate of drug-likeness (QED) is 0.853. The number of fused-ring (bicyclic) bond motifs is 1. The number of benzene rings is 1. The Labute approximate surface area is 105 Å². The van der Waals surface area contributed by atoms with E-state index < -0.39 is 6.09 Å². The average molecular weight is 255 g/mol. The van der Waals surface area contributed by atoms with Crippen LogP contribution in [0, 0.1) is 0 Å². The van der Waals surface area contributed by atoms with Crippen LogP contribution in [0.5, 0.6) is 0 Å². The van der Waals surface area contributed by atoms with Crippen LogP contribution in [-0.4, -0.2) is 24.3 Å². The van der Waals surface area contributed by atoms with E-state index in [-0.39, 0.29) is 6.04 Å². The van der Waals surface area contributed by atoms with Crippen molar-refractivity contribution in [2.75, 3.05) is 18.0 Å². The molecule has 1 aromatic carbocycles. The molecule has 0 saturated heterocycles. The first kappa shape index (κ1) is 12.0. The molecule has 0 radical (unpaired) electrons. The molecule has 0 aromatic heterocycles. The minimum Gasteiger partial charge on any atom is -0.465 e. The van der Waals surface area contributed by atoms with E-state index in [1.54, 1.807) is 0 Å². The zero-order valence-corrected chi connectivity index (χ0v) is 10.4. The normalized spacial score (nSPS) is 18.7. The van der Waals surface area contributed by atoms with Crippen molar-refractivity contribution in [3.05, 3.63) is 28.8 Å². The van der Waals surface area contributed by atoms with Gasteiger partial charge in [-0.3, -0.25) is 0 Å². The summed E-state index contributed by atoms with van der Waals surface area (Å²) in [6.45, 7) is 3.86. The Morgan fingerprint density at radius 1 is 1.65 bits per heavy atom. The zero-order valence-electron chi connectivity index (χ0n) is 9.61. The fourth-order valence-corrected chi connectivity index (χ4v) is 2.46. The van der Waals surface area contributed by atoms with Gasteiger partial charge in [0.15, 0.2) is 0 Å². The molecule has 92 valence electrons. The van der Waals surface area contributed by atoms with Gasteiger partial charge in [0.1, 0.15) is 0 Å². The van der Waals surface area contributed by atoms with Crippen LogP contribution in [0.15, 0.2) is 18.2 Å². The van der Waals surface area contributed by atoms with Gasteiger partial charge in [0.25, 0.3) is 0 Å². The molecule has 0 bridgehead atoms. The van der Waals surface area contributed by atoms with Gasteiger partial charge in [0.2, 0.25) is 0 Å². The van der Waals surface area contributed by atoms with E-state index in [4.69, 9.17) is 16.7 Å². The van der Waals surface area contributed by atoms with E-state index in [2.05, 4.69) is 17.1 Å². The molecule has 1 unspecified atom stereocenters. The molecule has 1 aromatic rings. The second-order valence-electron chi connectivity index (χ2n) is 4.07. The summed E-state index contributed by atoms with van der Waals surface area (Å²) in [5.74, 6) is 0. The summed E-state index contributed by atoms with van der Waals surface area (Å²) < 4.78 is 0. The maximum Gasteiger partial charge on any atom is 0.405 e. The van der Waals surface area contributed by atoms with Crippen LogP contribution >= 0.6 is 11.6 Å². The monoisotopic (exact) mass is 254 g/mol. The second kappa shape index (κ2) is 4.84. The third-order valence-corrected chi connectivity index (χ3v) is 3.31. The lowest BCUT2D eigenvalue weighted by atomic mass is 9.96. The molecule has 1 aliphatic heterocycles. The highest BCUT2D eigenvalue weighted by atomic mass is 35.5. The maximum atomic E-state index is 10.8. The molecule has 5 heteroatoms. The third kappa shape index (κ3) is 2.47. The number of amides is 1. The van der Waals surface area contributed by atoms with Crippen molar-refractivity contribution in [3.63, 3.8) is 0 Å². The highest BCUT2D eigenvalue weighted by molar-refractivity contribution is 6.30. The lowest BCUT2D eigenvalue weighted by molar-refractivity contribution is 0.189. The van der Waals surface area contributed by atoms with E-state index in [0.717, 1.165) is 30.8 Å².